The second-order valence-electron chi connectivity index (χ2n) is 4.10. The molecule has 1 N–H and O–H groups in total. The van der Waals surface area contributed by atoms with Crippen LogP contribution in [-0.2, 0) is 9.59 Å². The summed E-state index contributed by atoms with van der Waals surface area (Å²) in [5.41, 5.74) is 0.832. The van der Waals surface area contributed by atoms with Gasteiger partial charge in [0.1, 0.15) is 0 Å². The zero-order chi connectivity index (χ0) is 10.3. The highest BCUT2D eigenvalue weighted by molar-refractivity contribution is 6.22. The number of hydrogen-bond acceptors (Lipinski definition) is 2. The van der Waals surface area contributed by atoms with Gasteiger partial charge in [-0.2, -0.15) is 0 Å². The molecule has 3 nitrogen and oxygen atoms in total. The second kappa shape index (κ2) is 2.67. The molecule has 0 aromatic rings. The van der Waals surface area contributed by atoms with Gasteiger partial charge in [-0.1, -0.05) is 38.2 Å². The van der Waals surface area contributed by atoms with Gasteiger partial charge in [0.2, 0.25) is 0 Å². The van der Waals surface area contributed by atoms with Gasteiger partial charge in [-0.05, 0) is 0 Å². The normalized spacial score (nSPS) is 23.6. The second-order valence-corrected chi connectivity index (χ2v) is 4.10. The number of carbonyl (C=O) groups is 2. The Morgan fingerprint density at radius 1 is 1.00 bits per heavy atom. The largest absolute Gasteiger partial charge is 0.288 e. The molecule has 0 aromatic heterocycles. The lowest BCUT2D eigenvalue weighted by atomic mass is 9.93. The van der Waals surface area contributed by atoms with Crippen molar-refractivity contribution in [1.29, 1.82) is 0 Å². The topological polar surface area (TPSA) is 46.2 Å². The van der Waals surface area contributed by atoms with Crippen LogP contribution in [0.2, 0.25) is 0 Å². The van der Waals surface area contributed by atoms with Gasteiger partial charge in [0.25, 0.3) is 11.8 Å². The Kier molecular flexibility index (Phi) is 1.71. The fourth-order valence-corrected chi connectivity index (χ4v) is 1.47. The molecule has 2 amide bonds. The van der Waals surface area contributed by atoms with Gasteiger partial charge in [0, 0.05) is 5.41 Å². The summed E-state index contributed by atoms with van der Waals surface area (Å²) in [6, 6.07) is 0. The quantitative estimate of drug-likeness (QED) is 0.580. The van der Waals surface area contributed by atoms with Gasteiger partial charge < -0.3 is 0 Å². The third kappa shape index (κ3) is 1.31. The van der Waals surface area contributed by atoms with E-state index in [4.69, 9.17) is 0 Å². The standard InChI is InChI=1S/C11H11NO2/c1-11(2)5-3-7-8(4-6-11)10(14)12-9(7)13/h3-6H,1-2H3,(H,12,13,14). The van der Waals surface area contributed by atoms with Crippen LogP contribution in [0.25, 0.3) is 0 Å². The van der Waals surface area contributed by atoms with Crippen LogP contribution in [0.4, 0.5) is 0 Å². The third-order valence-corrected chi connectivity index (χ3v) is 2.37. The van der Waals surface area contributed by atoms with E-state index in [-0.39, 0.29) is 17.2 Å². The van der Waals surface area contributed by atoms with Crippen LogP contribution < -0.4 is 5.32 Å². The molecule has 0 saturated heterocycles. The van der Waals surface area contributed by atoms with Gasteiger partial charge in [-0.3, -0.25) is 14.9 Å². The molecule has 0 spiro atoms. The van der Waals surface area contributed by atoms with E-state index >= 15 is 0 Å². The first-order chi connectivity index (χ1) is 6.49. The van der Waals surface area contributed by atoms with Crippen LogP contribution in [0.3, 0.4) is 0 Å². The monoisotopic (exact) mass is 189 g/mol. The molecule has 2 aliphatic rings. The zero-order valence-corrected chi connectivity index (χ0v) is 8.13. The number of nitrogens with one attached hydrogen (secondary N) is 1. The van der Waals surface area contributed by atoms with E-state index in [1.54, 1.807) is 12.2 Å². The number of allylic oxidation sites excluding steroid dienone is 2. The van der Waals surface area contributed by atoms with Crippen molar-refractivity contribution in [3.8, 4) is 0 Å². The molecular formula is C11H11NO2. The molecule has 0 unspecified atom stereocenters. The van der Waals surface area contributed by atoms with Crippen molar-refractivity contribution in [2.24, 2.45) is 5.41 Å². The van der Waals surface area contributed by atoms with Crippen molar-refractivity contribution in [3.63, 3.8) is 0 Å². The van der Waals surface area contributed by atoms with Crippen molar-refractivity contribution < 1.29 is 9.59 Å². The number of carbonyl (C=O) groups excluding carboxylic acids is 2. The van der Waals surface area contributed by atoms with Gasteiger partial charge in [0.15, 0.2) is 0 Å². The smallest absolute Gasteiger partial charge is 0.258 e. The van der Waals surface area contributed by atoms with E-state index in [0.717, 1.165) is 0 Å². The summed E-state index contributed by atoms with van der Waals surface area (Å²) in [6.07, 6.45) is 7.28. The van der Waals surface area contributed by atoms with Gasteiger partial charge in [-0.15, -0.1) is 0 Å². The van der Waals surface area contributed by atoms with Crippen LogP contribution >= 0.6 is 0 Å². The zero-order valence-electron chi connectivity index (χ0n) is 8.13. The Morgan fingerprint density at radius 3 is 1.86 bits per heavy atom. The fraction of sp³-hybridized carbons (Fsp3) is 0.273. The SMILES string of the molecule is CC1(C)C=CC2=C(C=C1)C(=O)NC2=O. The molecule has 1 heterocycles. The summed E-state index contributed by atoms with van der Waals surface area (Å²) >= 11 is 0. The number of hydrogen-bond donors (Lipinski definition) is 1. The minimum absolute atomic E-state index is 0.106. The van der Waals surface area contributed by atoms with Crippen LogP contribution in [0.1, 0.15) is 13.8 Å². The highest BCUT2D eigenvalue weighted by Crippen LogP contribution is 2.27. The van der Waals surface area contributed by atoms with Gasteiger partial charge in [-0.25, -0.2) is 0 Å². The van der Waals surface area contributed by atoms with Crippen LogP contribution in [0, 0.1) is 5.41 Å². The van der Waals surface area contributed by atoms with E-state index in [1.165, 1.54) is 0 Å². The average Bonchev–Trinajstić information content (AvgIpc) is 2.26. The van der Waals surface area contributed by atoms with Crippen LogP contribution in [-0.4, -0.2) is 11.8 Å². The molecule has 0 aromatic carbocycles. The molecule has 1 aliphatic heterocycles. The number of rotatable bonds is 0. The summed E-state index contributed by atoms with van der Waals surface area (Å²) in [5, 5.41) is 2.26. The molecule has 2 rings (SSSR count). The number of amides is 2. The van der Waals surface area contributed by atoms with E-state index in [9.17, 15) is 9.59 Å². The molecule has 14 heavy (non-hydrogen) atoms. The lowest BCUT2D eigenvalue weighted by Gasteiger charge is -2.12. The first-order valence-corrected chi connectivity index (χ1v) is 4.48. The summed E-state index contributed by atoms with van der Waals surface area (Å²) < 4.78 is 0. The maximum Gasteiger partial charge on any atom is 0.258 e. The minimum Gasteiger partial charge on any atom is -0.288 e. The first kappa shape index (κ1) is 8.94. The van der Waals surface area contributed by atoms with Crippen molar-refractivity contribution in [2.45, 2.75) is 13.8 Å². The fourth-order valence-electron chi connectivity index (χ4n) is 1.47. The Hall–Kier alpha value is -1.64. The summed E-state index contributed by atoms with van der Waals surface area (Å²) in [4.78, 5) is 22.6. The number of imide groups is 1. The molecule has 3 heteroatoms. The Morgan fingerprint density at radius 2 is 1.43 bits per heavy atom. The first-order valence-electron chi connectivity index (χ1n) is 4.48. The molecule has 0 bridgehead atoms. The van der Waals surface area contributed by atoms with Crippen LogP contribution in [0.15, 0.2) is 35.5 Å². The van der Waals surface area contributed by atoms with Crippen molar-refractivity contribution in [1.82, 2.24) is 5.32 Å². The average molecular weight is 189 g/mol. The summed E-state index contributed by atoms with van der Waals surface area (Å²) in [6.45, 7) is 4.04. The molecular weight excluding hydrogens is 178 g/mol. The predicted molar refractivity (Wildman–Crippen MR) is 52.2 cm³/mol. The molecule has 1 aliphatic carbocycles. The highest BCUT2D eigenvalue weighted by atomic mass is 16.2. The van der Waals surface area contributed by atoms with E-state index in [2.05, 4.69) is 5.32 Å². The lowest BCUT2D eigenvalue weighted by Crippen LogP contribution is -2.23. The summed E-state index contributed by atoms with van der Waals surface area (Å²) in [5.74, 6) is -0.604. The van der Waals surface area contributed by atoms with Crippen LogP contribution in [0.5, 0.6) is 0 Å². The molecule has 72 valence electrons. The molecule has 0 saturated carbocycles. The Bertz CT molecular complexity index is 375. The van der Waals surface area contributed by atoms with Crippen molar-refractivity contribution in [3.05, 3.63) is 35.5 Å². The molecule has 0 fully saturated rings. The third-order valence-electron chi connectivity index (χ3n) is 2.37. The predicted octanol–water partition coefficient (Wildman–Crippen LogP) is 1.09. The van der Waals surface area contributed by atoms with E-state index in [0.29, 0.717) is 11.1 Å². The van der Waals surface area contributed by atoms with E-state index < -0.39 is 0 Å². The maximum atomic E-state index is 11.3. The van der Waals surface area contributed by atoms with Crippen molar-refractivity contribution >= 4 is 11.8 Å². The summed E-state index contributed by atoms with van der Waals surface area (Å²) in [7, 11) is 0. The van der Waals surface area contributed by atoms with E-state index in [1.807, 2.05) is 26.0 Å². The van der Waals surface area contributed by atoms with Crippen molar-refractivity contribution in [2.75, 3.05) is 0 Å². The highest BCUT2D eigenvalue weighted by Gasteiger charge is 2.28. The maximum absolute atomic E-state index is 11.3. The Labute approximate surface area is 82.2 Å². The molecule has 0 atom stereocenters. The van der Waals surface area contributed by atoms with Gasteiger partial charge >= 0.3 is 0 Å². The lowest BCUT2D eigenvalue weighted by molar-refractivity contribution is -0.123. The minimum atomic E-state index is -0.302. The molecule has 0 radical (unpaired) electrons. The Balaban J connectivity index is 2.51. The van der Waals surface area contributed by atoms with Gasteiger partial charge in [0.05, 0.1) is 11.1 Å².